The van der Waals surface area contributed by atoms with Crippen LogP contribution in [0.2, 0.25) is 5.02 Å². The van der Waals surface area contributed by atoms with Crippen LogP contribution in [-0.4, -0.2) is 34.2 Å². The fourth-order valence-electron chi connectivity index (χ4n) is 2.50. The molecule has 3 heterocycles. The van der Waals surface area contributed by atoms with Gasteiger partial charge in [-0.3, -0.25) is 8.88 Å². The lowest BCUT2D eigenvalue weighted by Gasteiger charge is -2.17. The van der Waals surface area contributed by atoms with E-state index >= 15 is 0 Å². The molecule has 0 spiro atoms. The molecule has 0 N–H and O–H groups in total. The molecule has 1 saturated heterocycles. The smallest absolute Gasteiger partial charge is 0.227 e. The van der Waals surface area contributed by atoms with Crippen LogP contribution in [0.3, 0.4) is 0 Å². The van der Waals surface area contributed by atoms with Gasteiger partial charge < -0.3 is 14.2 Å². The third-order valence-electron chi connectivity index (χ3n) is 3.54. The molecule has 0 aliphatic carbocycles. The Kier molecular flexibility index (Phi) is 4.27. The number of hydrogen-bond acceptors (Lipinski definition) is 5. The average Bonchev–Trinajstić information content (AvgIpc) is 2.82. The molecule has 2 aromatic rings. The minimum atomic E-state index is -0.635. The summed E-state index contributed by atoms with van der Waals surface area (Å²) in [5, 5.41) is 0.529. The van der Waals surface area contributed by atoms with Crippen LogP contribution in [0.15, 0.2) is 17.1 Å². The van der Waals surface area contributed by atoms with E-state index in [4.69, 9.17) is 37.6 Å². The van der Waals surface area contributed by atoms with E-state index in [0.29, 0.717) is 17.8 Å². The van der Waals surface area contributed by atoms with Gasteiger partial charge in [0.05, 0.1) is 23.3 Å². The Morgan fingerprint density at radius 2 is 2.26 bits per heavy atom. The maximum Gasteiger partial charge on any atom is 0.227 e. The number of pyridine rings is 2. The number of fused-ring (bicyclic) bond motifs is 1. The molecule has 1 fully saturated rings. The maximum atomic E-state index is 12.3. The van der Waals surface area contributed by atoms with Crippen molar-refractivity contribution in [3.05, 3.63) is 33.2 Å². The fourth-order valence-corrected chi connectivity index (χ4v) is 2.99. The summed E-state index contributed by atoms with van der Waals surface area (Å²) in [5.41, 5.74) is 0.716. The van der Waals surface area contributed by atoms with Gasteiger partial charge in [0.2, 0.25) is 5.88 Å². The Labute approximate surface area is 143 Å². The van der Waals surface area contributed by atoms with Gasteiger partial charge in [-0.2, -0.15) is 0 Å². The van der Waals surface area contributed by atoms with Gasteiger partial charge in [0.1, 0.15) is 18.1 Å². The summed E-state index contributed by atoms with van der Waals surface area (Å²) in [6.45, 7) is 6.01. The summed E-state index contributed by atoms with van der Waals surface area (Å²) in [5.74, 6) is -0.458. The van der Waals surface area contributed by atoms with Gasteiger partial charge in [-0.25, -0.2) is 4.98 Å². The van der Waals surface area contributed by atoms with Gasteiger partial charge in [-0.1, -0.05) is 11.6 Å². The lowest BCUT2D eigenvalue weighted by molar-refractivity contribution is -0.141. The first-order valence-corrected chi connectivity index (χ1v) is 7.82. The Morgan fingerprint density at radius 1 is 1.52 bits per heavy atom. The van der Waals surface area contributed by atoms with E-state index < -0.39 is 5.79 Å². The third kappa shape index (κ3) is 3.17. The Bertz CT molecular complexity index is 819. The van der Waals surface area contributed by atoms with Crippen molar-refractivity contribution in [3.8, 4) is 5.88 Å². The number of aryl methyl sites for hydroxylation is 1. The van der Waals surface area contributed by atoms with Crippen LogP contribution in [0.25, 0.3) is 10.9 Å². The van der Waals surface area contributed by atoms with Gasteiger partial charge in [0.15, 0.2) is 11.2 Å². The highest BCUT2D eigenvalue weighted by molar-refractivity contribution is 6.36. The van der Waals surface area contributed by atoms with Crippen LogP contribution >= 0.6 is 23.4 Å². The molecular weight excluding hydrogens is 343 g/mol. The predicted octanol–water partition coefficient (Wildman–Crippen LogP) is 2.89. The van der Waals surface area contributed by atoms with Crippen molar-refractivity contribution < 1.29 is 14.2 Å². The first kappa shape index (κ1) is 16.5. The van der Waals surface area contributed by atoms with E-state index in [1.807, 2.05) is 13.8 Å². The number of hydrogen-bond donors (Lipinski definition) is 0. The summed E-state index contributed by atoms with van der Waals surface area (Å²) in [6.07, 6.45) is 1.17. The molecule has 0 amide bonds. The van der Waals surface area contributed by atoms with Crippen LogP contribution in [0.1, 0.15) is 19.5 Å². The molecule has 1 atom stereocenters. The second-order valence-electron chi connectivity index (χ2n) is 5.83. The SMILES string of the molecule is Cc1cc(=O)c2c(OCC3COC(C)(C)O3)ncc(Cl)c2n1Cl. The first-order valence-electron chi connectivity index (χ1n) is 7.10. The predicted molar refractivity (Wildman–Crippen MR) is 87.4 cm³/mol. The highest BCUT2D eigenvalue weighted by atomic mass is 35.5. The number of halogens is 2. The first-order chi connectivity index (χ1) is 10.8. The fraction of sp³-hybridized carbons (Fsp3) is 0.467. The van der Waals surface area contributed by atoms with Gasteiger partial charge in [0.25, 0.3) is 0 Å². The summed E-state index contributed by atoms with van der Waals surface area (Å²) < 4.78 is 18.2. The Hall–Kier alpha value is -1.34. The number of aromatic nitrogens is 2. The van der Waals surface area contributed by atoms with Gasteiger partial charge in [0, 0.05) is 23.5 Å². The molecular formula is C15H16Cl2N2O4. The van der Waals surface area contributed by atoms with Crippen molar-refractivity contribution in [2.24, 2.45) is 0 Å². The van der Waals surface area contributed by atoms with E-state index in [1.54, 1.807) is 6.92 Å². The van der Waals surface area contributed by atoms with Crippen molar-refractivity contribution in [1.82, 2.24) is 9.07 Å². The van der Waals surface area contributed by atoms with Crippen LogP contribution in [-0.2, 0) is 9.47 Å². The summed E-state index contributed by atoms with van der Waals surface area (Å²) in [6, 6.07) is 1.42. The van der Waals surface area contributed by atoms with Crippen molar-refractivity contribution in [2.75, 3.05) is 13.2 Å². The molecule has 3 rings (SSSR count). The standard InChI is InChI=1S/C15H16Cl2N2O4/c1-8-4-11(20)12-13(19(8)17)10(16)5-18-14(12)21-6-9-7-22-15(2,3)23-9/h4-5,9H,6-7H2,1-3H3. The van der Waals surface area contributed by atoms with Crippen LogP contribution in [0.4, 0.5) is 0 Å². The zero-order valence-electron chi connectivity index (χ0n) is 12.9. The number of rotatable bonds is 3. The number of nitrogens with zero attached hydrogens (tertiary/aromatic N) is 2. The topological polar surface area (TPSA) is 62.6 Å². The monoisotopic (exact) mass is 358 g/mol. The minimum Gasteiger partial charge on any atom is -0.474 e. The van der Waals surface area contributed by atoms with Crippen molar-refractivity contribution >= 4 is 34.3 Å². The molecule has 1 unspecified atom stereocenters. The molecule has 1 aliphatic rings. The van der Waals surface area contributed by atoms with E-state index in [9.17, 15) is 4.79 Å². The Balaban J connectivity index is 1.95. The molecule has 2 aromatic heterocycles. The van der Waals surface area contributed by atoms with Crippen molar-refractivity contribution in [1.29, 1.82) is 0 Å². The Morgan fingerprint density at radius 3 is 2.91 bits per heavy atom. The molecule has 124 valence electrons. The molecule has 8 heteroatoms. The molecule has 6 nitrogen and oxygen atoms in total. The van der Waals surface area contributed by atoms with Crippen molar-refractivity contribution in [2.45, 2.75) is 32.7 Å². The quantitative estimate of drug-likeness (QED) is 0.843. The second-order valence-corrected chi connectivity index (χ2v) is 6.57. The zero-order valence-corrected chi connectivity index (χ0v) is 14.4. The van der Waals surface area contributed by atoms with E-state index in [2.05, 4.69) is 4.98 Å². The lowest BCUT2D eigenvalue weighted by Crippen LogP contribution is -2.25. The highest BCUT2D eigenvalue weighted by Gasteiger charge is 2.33. The molecule has 0 bridgehead atoms. The van der Waals surface area contributed by atoms with E-state index in [0.717, 1.165) is 0 Å². The van der Waals surface area contributed by atoms with Gasteiger partial charge in [-0.15, -0.1) is 0 Å². The normalized spacial score (nSPS) is 20.1. The summed E-state index contributed by atoms with van der Waals surface area (Å²) in [7, 11) is 0. The second kappa shape index (κ2) is 5.94. The van der Waals surface area contributed by atoms with Gasteiger partial charge >= 0.3 is 0 Å². The summed E-state index contributed by atoms with van der Waals surface area (Å²) >= 11 is 12.3. The zero-order chi connectivity index (χ0) is 16.8. The van der Waals surface area contributed by atoms with E-state index in [1.165, 1.54) is 16.3 Å². The molecule has 23 heavy (non-hydrogen) atoms. The maximum absolute atomic E-state index is 12.3. The number of ether oxygens (including phenoxy) is 3. The van der Waals surface area contributed by atoms with E-state index in [-0.39, 0.29) is 34.4 Å². The third-order valence-corrected chi connectivity index (χ3v) is 4.25. The van der Waals surface area contributed by atoms with Crippen LogP contribution in [0, 0.1) is 6.92 Å². The lowest BCUT2D eigenvalue weighted by atomic mass is 10.2. The van der Waals surface area contributed by atoms with Gasteiger partial charge in [-0.05, 0) is 20.8 Å². The largest absolute Gasteiger partial charge is 0.474 e. The highest BCUT2D eigenvalue weighted by Crippen LogP contribution is 2.29. The molecule has 0 radical (unpaired) electrons. The molecule has 0 saturated carbocycles. The van der Waals surface area contributed by atoms with Crippen LogP contribution < -0.4 is 10.2 Å². The average molecular weight is 359 g/mol. The summed E-state index contributed by atoms with van der Waals surface area (Å²) in [4.78, 5) is 16.4. The minimum absolute atomic E-state index is 0.178. The van der Waals surface area contributed by atoms with Crippen LogP contribution in [0.5, 0.6) is 5.88 Å². The van der Waals surface area contributed by atoms with Crippen molar-refractivity contribution in [3.63, 3.8) is 0 Å². The molecule has 0 aromatic carbocycles. The molecule has 1 aliphatic heterocycles.